The van der Waals surface area contributed by atoms with Crippen molar-refractivity contribution in [3.05, 3.63) is 59.7 Å². The SMILES string of the molecule is COc1ccc(CC(=O)OCC(=O)Nc2ccc(F)c(F)c2)cc1. The number of hydrogen-bond donors (Lipinski definition) is 1. The van der Waals surface area contributed by atoms with Gasteiger partial charge in [0, 0.05) is 11.8 Å². The molecule has 1 amide bonds. The first-order valence-electron chi connectivity index (χ1n) is 7.01. The number of nitrogens with one attached hydrogen (secondary N) is 1. The number of halogens is 2. The van der Waals surface area contributed by atoms with Gasteiger partial charge in [-0.05, 0) is 29.8 Å². The van der Waals surface area contributed by atoms with E-state index in [9.17, 15) is 18.4 Å². The molecule has 7 heteroatoms. The van der Waals surface area contributed by atoms with E-state index in [1.165, 1.54) is 13.2 Å². The van der Waals surface area contributed by atoms with Crippen molar-refractivity contribution in [2.45, 2.75) is 6.42 Å². The van der Waals surface area contributed by atoms with Gasteiger partial charge in [-0.25, -0.2) is 8.78 Å². The average Bonchev–Trinajstić information content (AvgIpc) is 2.57. The Morgan fingerprint density at radius 2 is 1.75 bits per heavy atom. The van der Waals surface area contributed by atoms with Gasteiger partial charge in [-0.2, -0.15) is 0 Å². The Morgan fingerprint density at radius 3 is 2.38 bits per heavy atom. The number of amides is 1. The van der Waals surface area contributed by atoms with Gasteiger partial charge in [-0.1, -0.05) is 12.1 Å². The lowest BCUT2D eigenvalue weighted by Crippen LogP contribution is -2.21. The molecule has 0 radical (unpaired) electrons. The summed E-state index contributed by atoms with van der Waals surface area (Å²) in [7, 11) is 1.54. The van der Waals surface area contributed by atoms with E-state index in [4.69, 9.17) is 9.47 Å². The molecule has 0 spiro atoms. The van der Waals surface area contributed by atoms with Crippen LogP contribution in [0.15, 0.2) is 42.5 Å². The van der Waals surface area contributed by atoms with Crippen LogP contribution in [-0.4, -0.2) is 25.6 Å². The van der Waals surface area contributed by atoms with Crippen LogP contribution in [0.4, 0.5) is 14.5 Å². The number of ether oxygens (including phenoxy) is 2. The Bertz CT molecular complexity index is 732. The fourth-order valence-corrected chi connectivity index (χ4v) is 1.88. The molecule has 126 valence electrons. The van der Waals surface area contributed by atoms with Crippen LogP contribution in [0.25, 0.3) is 0 Å². The lowest BCUT2D eigenvalue weighted by molar-refractivity contribution is -0.146. The normalized spacial score (nSPS) is 10.1. The number of esters is 1. The third-order valence-electron chi connectivity index (χ3n) is 3.08. The predicted molar refractivity (Wildman–Crippen MR) is 82.6 cm³/mol. The van der Waals surface area contributed by atoms with E-state index in [1.54, 1.807) is 24.3 Å². The van der Waals surface area contributed by atoms with E-state index in [-0.39, 0.29) is 12.1 Å². The van der Waals surface area contributed by atoms with Gasteiger partial charge in [0.05, 0.1) is 13.5 Å². The van der Waals surface area contributed by atoms with Crippen molar-refractivity contribution in [3.63, 3.8) is 0 Å². The minimum absolute atomic E-state index is 0.00243. The molecule has 0 bridgehead atoms. The van der Waals surface area contributed by atoms with Crippen molar-refractivity contribution < 1.29 is 27.8 Å². The molecule has 0 saturated carbocycles. The lowest BCUT2D eigenvalue weighted by atomic mass is 10.1. The van der Waals surface area contributed by atoms with Crippen LogP contribution in [0.1, 0.15) is 5.56 Å². The molecule has 24 heavy (non-hydrogen) atoms. The van der Waals surface area contributed by atoms with E-state index in [2.05, 4.69) is 5.32 Å². The quantitative estimate of drug-likeness (QED) is 0.825. The van der Waals surface area contributed by atoms with E-state index >= 15 is 0 Å². The lowest BCUT2D eigenvalue weighted by Gasteiger charge is -2.07. The van der Waals surface area contributed by atoms with Crippen molar-refractivity contribution >= 4 is 17.6 Å². The van der Waals surface area contributed by atoms with Gasteiger partial charge < -0.3 is 14.8 Å². The van der Waals surface area contributed by atoms with E-state index in [0.717, 1.165) is 12.1 Å². The Hall–Kier alpha value is -2.96. The minimum Gasteiger partial charge on any atom is -0.497 e. The van der Waals surface area contributed by atoms with Crippen LogP contribution >= 0.6 is 0 Å². The van der Waals surface area contributed by atoms with Gasteiger partial charge >= 0.3 is 5.97 Å². The zero-order valence-corrected chi connectivity index (χ0v) is 12.8. The van der Waals surface area contributed by atoms with Crippen molar-refractivity contribution in [3.8, 4) is 5.75 Å². The fourth-order valence-electron chi connectivity index (χ4n) is 1.88. The maximum Gasteiger partial charge on any atom is 0.310 e. The van der Waals surface area contributed by atoms with Gasteiger partial charge in [0.2, 0.25) is 0 Å². The molecule has 2 aromatic rings. The molecule has 0 atom stereocenters. The Kier molecular flexibility index (Phi) is 5.83. The summed E-state index contributed by atoms with van der Waals surface area (Å²) in [5.74, 6) is -2.66. The molecule has 0 aliphatic carbocycles. The number of methoxy groups -OCH3 is 1. The summed E-state index contributed by atoms with van der Waals surface area (Å²) in [6.07, 6.45) is 0.00243. The van der Waals surface area contributed by atoms with Crippen LogP contribution in [0, 0.1) is 11.6 Å². The van der Waals surface area contributed by atoms with Gasteiger partial charge in [0.1, 0.15) is 5.75 Å². The van der Waals surface area contributed by atoms with Crippen molar-refractivity contribution in [1.29, 1.82) is 0 Å². The van der Waals surface area contributed by atoms with E-state index < -0.39 is 30.1 Å². The first-order chi connectivity index (χ1) is 11.5. The summed E-state index contributed by atoms with van der Waals surface area (Å²) in [6, 6.07) is 9.77. The van der Waals surface area contributed by atoms with E-state index in [0.29, 0.717) is 11.3 Å². The van der Waals surface area contributed by atoms with Crippen molar-refractivity contribution in [1.82, 2.24) is 0 Å². The summed E-state index contributed by atoms with van der Waals surface area (Å²) >= 11 is 0. The molecule has 0 aromatic heterocycles. The monoisotopic (exact) mass is 335 g/mol. The molecule has 1 N–H and O–H groups in total. The second-order valence-electron chi connectivity index (χ2n) is 4.86. The second kappa shape index (κ2) is 8.05. The van der Waals surface area contributed by atoms with Crippen LogP contribution in [0.3, 0.4) is 0 Å². The second-order valence-corrected chi connectivity index (χ2v) is 4.86. The zero-order chi connectivity index (χ0) is 17.5. The first-order valence-corrected chi connectivity index (χ1v) is 7.01. The summed E-state index contributed by atoms with van der Waals surface area (Å²) in [4.78, 5) is 23.3. The fraction of sp³-hybridized carbons (Fsp3) is 0.176. The number of hydrogen-bond acceptors (Lipinski definition) is 4. The smallest absolute Gasteiger partial charge is 0.310 e. The zero-order valence-electron chi connectivity index (χ0n) is 12.8. The van der Waals surface area contributed by atoms with Gasteiger partial charge in [-0.3, -0.25) is 9.59 Å². The highest BCUT2D eigenvalue weighted by Gasteiger charge is 2.10. The molecule has 0 saturated heterocycles. The van der Waals surface area contributed by atoms with Gasteiger partial charge in [-0.15, -0.1) is 0 Å². The maximum absolute atomic E-state index is 13.0. The summed E-state index contributed by atoms with van der Waals surface area (Å²) in [6.45, 7) is -0.520. The average molecular weight is 335 g/mol. The Labute approximate surface area is 137 Å². The van der Waals surface area contributed by atoms with Gasteiger partial charge in [0.25, 0.3) is 5.91 Å². The van der Waals surface area contributed by atoms with Crippen molar-refractivity contribution in [2.75, 3.05) is 19.0 Å². The van der Waals surface area contributed by atoms with Crippen LogP contribution in [0.5, 0.6) is 5.75 Å². The molecular weight excluding hydrogens is 320 g/mol. The topological polar surface area (TPSA) is 64.6 Å². The Balaban J connectivity index is 1.79. The largest absolute Gasteiger partial charge is 0.497 e. The Morgan fingerprint density at radius 1 is 1.04 bits per heavy atom. The van der Waals surface area contributed by atoms with Crippen LogP contribution in [-0.2, 0) is 20.7 Å². The first kappa shape index (κ1) is 17.4. The minimum atomic E-state index is -1.08. The van der Waals surface area contributed by atoms with E-state index in [1.807, 2.05) is 0 Å². The number of carbonyl (C=O) groups excluding carboxylic acids is 2. The number of rotatable bonds is 6. The third-order valence-corrected chi connectivity index (χ3v) is 3.08. The number of benzene rings is 2. The highest BCUT2D eigenvalue weighted by Crippen LogP contribution is 2.13. The van der Waals surface area contributed by atoms with Gasteiger partial charge in [0.15, 0.2) is 18.2 Å². The molecule has 5 nitrogen and oxygen atoms in total. The number of carbonyl (C=O) groups is 2. The number of anilines is 1. The highest BCUT2D eigenvalue weighted by atomic mass is 19.2. The predicted octanol–water partition coefficient (Wildman–Crippen LogP) is 2.70. The summed E-state index contributed by atoms with van der Waals surface area (Å²) < 4.78 is 35.6. The third kappa shape index (κ3) is 5.05. The van der Waals surface area contributed by atoms with Crippen LogP contribution < -0.4 is 10.1 Å². The molecule has 0 aliphatic heterocycles. The molecule has 0 fully saturated rings. The molecule has 0 aliphatic rings. The molecular formula is C17H15F2NO4. The molecule has 2 aromatic carbocycles. The highest BCUT2D eigenvalue weighted by molar-refractivity contribution is 5.92. The van der Waals surface area contributed by atoms with Crippen LogP contribution in [0.2, 0.25) is 0 Å². The maximum atomic E-state index is 13.0. The summed E-state index contributed by atoms with van der Waals surface area (Å²) in [5.41, 5.74) is 0.784. The summed E-state index contributed by atoms with van der Waals surface area (Å²) in [5, 5.41) is 2.30. The molecule has 0 unspecified atom stereocenters. The standard InChI is InChI=1S/C17H15F2NO4/c1-23-13-5-2-11(3-6-13)8-17(22)24-10-16(21)20-12-4-7-14(18)15(19)9-12/h2-7,9H,8,10H2,1H3,(H,20,21). The molecule has 0 heterocycles. The van der Waals surface area contributed by atoms with Crippen molar-refractivity contribution in [2.24, 2.45) is 0 Å². The molecule has 2 rings (SSSR count).